The predicted octanol–water partition coefficient (Wildman–Crippen LogP) is 2.68. The molecule has 1 aromatic rings. The topological polar surface area (TPSA) is 68.3 Å². The Bertz CT molecular complexity index is 418. The summed E-state index contributed by atoms with van der Waals surface area (Å²) in [4.78, 5) is 11.6. The van der Waals surface area contributed by atoms with Crippen molar-refractivity contribution in [3.05, 3.63) is 24.2 Å². The van der Waals surface area contributed by atoms with E-state index in [-0.39, 0.29) is 5.91 Å². The van der Waals surface area contributed by atoms with Crippen LogP contribution in [0.25, 0.3) is 0 Å². The summed E-state index contributed by atoms with van der Waals surface area (Å²) in [7, 11) is 0. The Hall–Kier alpha value is -0.940. The van der Waals surface area contributed by atoms with Gasteiger partial charge in [-0.2, -0.15) is 11.8 Å². The fraction of sp³-hybridized carbons (Fsp3) is 0.667. The number of hydrogen-bond donors (Lipinski definition) is 2. The zero-order valence-electron chi connectivity index (χ0n) is 12.1. The third-order valence-electron chi connectivity index (χ3n) is 3.68. The fourth-order valence-corrected chi connectivity index (χ4v) is 3.11. The lowest BCUT2D eigenvalue weighted by molar-refractivity contribution is -0.124. The van der Waals surface area contributed by atoms with Gasteiger partial charge in [-0.3, -0.25) is 4.79 Å². The van der Waals surface area contributed by atoms with Gasteiger partial charge >= 0.3 is 0 Å². The second kappa shape index (κ2) is 7.18. The van der Waals surface area contributed by atoms with Crippen LogP contribution in [0.4, 0.5) is 0 Å². The van der Waals surface area contributed by atoms with Crippen LogP contribution in [0.15, 0.2) is 22.8 Å². The number of hydrogen-bond acceptors (Lipinski definition) is 4. The molecule has 1 atom stereocenters. The number of carbonyl (C=O) groups excluding carboxylic acids is 1. The van der Waals surface area contributed by atoms with Crippen LogP contribution >= 0.6 is 11.8 Å². The Morgan fingerprint density at radius 2 is 2.35 bits per heavy atom. The van der Waals surface area contributed by atoms with Gasteiger partial charge in [0.1, 0.15) is 5.76 Å². The lowest BCUT2D eigenvalue weighted by Gasteiger charge is -2.27. The van der Waals surface area contributed by atoms with Gasteiger partial charge in [-0.05, 0) is 50.5 Å². The summed E-state index contributed by atoms with van der Waals surface area (Å²) in [6.45, 7) is 1.93. The number of primary amides is 1. The van der Waals surface area contributed by atoms with Gasteiger partial charge in [0.25, 0.3) is 0 Å². The van der Waals surface area contributed by atoms with Crippen LogP contribution in [0, 0.1) is 0 Å². The molecule has 0 saturated heterocycles. The van der Waals surface area contributed by atoms with Gasteiger partial charge in [0.15, 0.2) is 0 Å². The molecule has 1 saturated carbocycles. The SMILES string of the molecule is CC(CCCCSCc1ccco1)(NC1CC1)C(N)=O. The third kappa shape index (κ3) is 4.87. The molecule has 1 aliphatic carbocycles. The molecule has 1 heterocycles. The van der Waals surface area contributed by atoms with Gasteiger partial charge in [-0.1, -0.05) is 6.42 Å². The molecular weight excluding hydrogens is 272 g/mol. The molecule has 1 aliphatic rings. The number of nitrogens with two attached hydrogens (primary N) is 1. The Morgan fingerprint density at radius 1 is 1.55 bits per heavy atom. The van der Waals surface area contributed by atoms with Crippen LogP contribution in [0.2, 0.25) is 0 Å². The quantitative estimate of drug-likeness (QED) is 0.651. The zero-order valence-corrected chi connectivity index (χ0v) is 12.9. The van der Waals surface area contributed by atoms with Gasteiger partial charge in [0.2, 0.25) is 5.91 Å². The molecule has 2 rings (SSSR count). The number of unbranched alkanes of at least 4 members (excludes halogenated alkanes) is 1. The minimum Gasteiger partial charge on any atom is -0.468 e. The molecule has 1 amide bonds. The summed E-state index contributed by atoms with van der Waals surface area (Å²) in [5.41, 5.74) is 5.00. The van der Waals surface area contributed by atoms with Crippen LogP contribution in [0.5, 0.6) is 0 Å². The van der Waals surface area contributed by atoms with E-state index < -0.39 is 5.54 Å². The van der Waals surface area contributed by atoms with E-state index in [1.54, 1.807) is 6.26 Å². The highest BCUT2D eigenvalue weighted by Crippen LogP contribution is 2.25. The van der Waals surface area contributed by atoms with E-state index in [9.17, 15) is 4.79 Å². The average Bonchev–Trinajstić information content (AvgIpc) is 3.05. The third-order valence-corrected chi connectivity index (χ3v) is 4.75. The lowest BCUT2D eigenvalue weighted by Crippen LogP contribution is -2.53. The zero-order chi connectivity index (χ0) is 14.4. The van der Waals surface area contributed by atoms with E-state index in [0.717, 1.165) is 36.5 Å². The van der Waals surface area contributed by atoms with Crippen LogP contribution in [0.3, 0.4) is 0 Å². The lowest BCUT2D eigenvalue weighted by atomic mass is 9.94. The first-order chi connectivity index (χ1) is 9.60. The standard InChI is InChI=1S/C15H24N2O2S/c1-15(14(16)18,17-12-6-7-12)8-2-3-10-20-11-13-5-4-9-19-13/h4-5,9,12,17H,2-3,6-8,10-11H2,1H3,(H2,16,18). The maximum Gasteiger partial charge on any atom is 0.237 e. The molecule has 1 fully saturated rings. The maximum atomic E-state index is 11.6. The van der Waals surface area contributed by atoms with Crippen molar-refractivity contribution >= 4 is 17.7 Å². The number of thioether (sulfide) groups is 1. The van der Waals surface area contributed by atoms with Crippen molar-refractivity contribution in [2.75, 3.05) is 5.75 Å². The molecule has 1 unspecified atom stereocenters. The number of carbonyl (C=O) groups is 1. The molecule has 0 aromatic carbocycles. The number of rotatable bonds is 10. The van der Waals surface area contributed by atoms with Crippen molar-refractivity contribution in [1.29, 1.82) is 0 Å². The van der Waals surface area contributed by atoms with Crippen molar-refractivity contribution in [2.45, 2.75) is 56.4 Å². The van der Waals surface area contributed by atoms with Gasteiger partial charge in [0, 0.05) is 6.04 Å². The Morgan fingerprint density at radius 3 is 2.95 bits per heavy atom. The fourth-order valence-electron chi connectivity index (χ4n) is 2.19. The van der Waals surface area contributed by atoms with Crippen LogP contribution in [-0.4, -0.2) is 23.2 Å². The largest absolute Gasteiger partial charge is 0.468 e. The summed E-state index contributed by atoms with van der Waals surface area (Å²) in [5, 5.41) is 3.38. The number of furan rings is 1. The molecule has 3 N–H and O–H groups in total. The van der Waals surface area contributed by atoms with E-state index in [2.05, 4.69) is 5.32 Å². The highest BCUT2D eigenvalue weighted by Gasteiger charge is 2.36. The Kier molecular flexibility index (Phi) is 5.54. The number of amides is 1. The molecule has 0 aliphatic heterocycles. The smallest absolute Gasteiger partial charge is 0.237 e. The van der Waals surface area contributed by atoms with Crippen molar-refractivity contribution < 1.29 is 9.21 Å². The van der Waals surface area contributed by atoms with Crippen molar-refractivity contribution in [2.24, 2.45) is 5.73 Å². The molecule has 1 aromatic heterocycles. The molecule has 5 heteroatoms. The van der Waals surface area contributed by atoms with Gasteiger partial charge in [-0.25, -0.2) is 0 Å². The summed E-state index contributed by atoms with van der Waals surface area (Å²) in [5.74, 6) is 2.79. The first-order valence-corrected chi connectivity index (χ1v) is 8.43. The minimum absolute atomic E-state index is 0.229. The van der Waals surface area contributed by atoms with E-state index in [1.165, 1.54) is 12.8 Å². The summed E-state index contributed by atoms with van der Waals surface area (Å²) in [6.07, 6.45) is 6.98. The molecule has 0 radical (unpaired) electrons. The first kappa shape index (κ1) is 15.4. The van der Waals surface area contributed by atoms with Crippen LogP contribution in [-0.2, 0) is 10.5 Å². The normalized spacial score (nSPS) is 17.9. The highest BCUT2D eigenvalue weighted by molar-refractivity contribution is 7.98. The molecule has 0 bridgehead atoms. The van der Waals surface area contributed by atoms with Crippen LogP contribution < -0.4 is 11.1 Å². The summed E-state index contributed by atoms with van der Waals surface area (Å²) in [6, 6.07) is 4.41. The average molecular weight is 296 g/mol. The Balaban J connectivity index is 1.59. The monoisotopic (exact) mass is 296 g/mol. The summed E-state index contributed by atoms with van der Waals surface area (Å²) < 4.78 is 5.28. The maximum absolute atomic E-state index is 11.6. The molecule has 112 valence electrons. The second-order valence-electron chi connectivity index (χ2n) is 5.70. The van der Waals surface area contributed by atoms with Gasteiger partial charge in [-0.15, -0.1) is 0 Å². The minimum atomic E-state index is -0.535. The van der Waals surface area contributed by atoms with E-state index in [4.69, 9.17) is 10.2 Å². The molecular formula is C15H24N2O2S. The van der Waals surface area contributed by atoms with Crippen molar-refractivity contribution in [3.8, 4) is 0 Å². The second-order valence-corrected chi connectivity index (χ2v) is 6.81. The summed E-state index contributed by atoms with van der Waals surface area (Å²) >= 11 is 1.87. The molecule has 4 nitrogen and oxygen atoms in total. The van der Waals surface area contributed by atoms with E-state index in [0.29, 0.717) is 6.04 Å². The first-order valence-electron chi connectivity index (χ1n) is 7.28. The molecule has 0 spiro atoms. The van der Waals surface area contributed by atoms with Crippen molar-refractivity contribution in [3.63, 3.8) is 0 Å². The molecule has 20 heavy (non-hydrogen) atoms. The van der Waals surface area contributed by atoms with E-state index >= 15 is 0 Å². The predicted molar refractivity (Wildman–Crippen MR) is 82.5 cm³/mol. The highest BCUT2D eigenvalue weighted by atomic mass is 32.2. The number of nitrogens with one attached hydrogen (secondary N) is 1. The van der Waals surface area contributed by atoms with Crippen molar-refractivity contribution in [1.82, 2.24) is 5.32 Å². The van der Waals surface area contributed by atoms with Gasteiger partial charge < -0.3 is 15.5 Å². The van der Waals surface area contributed by atoms with Gasteiger partial charge in [0.05, 0.1) is 17.6 Å². The Labute approximate surface area is 124 Å². The van der Waals surface area contributed by atoms with Crippen LogP contribution in [0.1, 0.15) is 44.8 Å². The van der Waals surface area contributed by atoms with E-state index in [1.807, 2.05) is 30.8 Å².